The van der Waals surface area contributed by atoms with Gasteiger partial charge in [-0.15, -0.1) is 0 Å². The molecule has 0 heterocycles. The molecule has 5 unspecified atom stereocenters. The van der Waals surface area contributed by atoms with Gasteiger partial charge >= 0.3 is 12.4 Å². The van der Waals surface area contributed by atoms with Gasteiger partial charge in [-0.05, 0) is 48.9 Å². The van der Waals surface area contributed by atoms with Crippen molar-refractivity contribution in [3.8, 4) is 0 Å². The number of alkyl halides is 6. The van der Waals surface area contributed by atoms with Gasteiger partial charge in [0, 0.05) is 7.11 Å². The van der Waals surface area contributed by atoms with Gasteiger partial charge in [0.1, 0.15) is 6.79 Å². The Bertz CT molecular complexity index is 403. The van der Waals surface area contributed by atoms with Crippen molar-refractivity contribution < 1.29 is 35.8 Å². The fraction of sp³-hybridized carbons (Fsp3) is 1.00. The van der Waals surface area contributed by atoms with E-state index in [1.807, 2.05) is 13.8 Å². The van der Waals surface area contributed by atoms with Crippen LogP contribution < -0.4 is 0 Å². The minimum Gasteiger partial charge on any atom is -0.359 e. The summed E-state index contributed by atoms with van der Waals surface area (Å²) in [5.41, 5.74) is -4.16. The summed E-state index contributed by atoms with van der Waals surface area (Å²) in [6.45, 7) is 2.89. The monoisotopic (exact) mass is 348 g/mol. The lowest BCUT2D eigenvalue weighted by atomic mass is 9.71. The van der Waals surface area contributed by atoms with Crippen LogP contribution in [0.4, 0.5) is 26.3 Å². The summed E-state index contributed by atoms with van der Waals surface area (Å²) in [5.74, 6) is -0.0409. The van der Waals surface area contributed by atoms with Crippen LogP contribution >= 0.6 is 0 Å². The van der Waals surface area contributed by atoms with E-state index in [0.29, 0.717) is 18.8 Å². The highest BCUT2D eigenvalue weighted by Crippen LogP contribution is 2.60. The minimum atomic E-state index is -5.54. The smallest absolute Gasteiger partial charge is 0.359 e. The zero-order valence-electron chi connectivity index (χ0n) is 13.3. The molecule has 0 aliphatic heterocycles. The second-order valence-electron chi connectivity index (χ2n) is 6.95. The molecule has 8 heteroatoms. The Balaban J connectivity index is 2.28. The first-order valence-corrected chi connectivity index (χ1v) is 7.71. The van der Waals surface area contributed by atoms with E-state index in [9.17, 15) is 26.3 Å². The number of hydrogen-bond acceptors (Lipinski definition) is 2. The quantitative estimate of drug-likeness (QED) is 0.525. The van der Waals surface area contributed by atoms with Crippen LogP contribution in [0.15, 0.2) is 0 Å². The van der Waals surface area contributed by atoms with Crippen molar-refractivity contribution in [2.45, 2.75) is 51.1 Å². The molecule has 2 nitrogen and oxygen atoms in total. The number of rotatable bonds is 5. The van der Waals surface area contributed by atoms with Crippen LogP contribution in [0.3, 0.4) is 0 Å². The molecule has 0 aromatic rings. The Kier molecular flexibility index (Phi) is 4.99. The molecule has 0 amide bonds. The van der Waals surface area contributed by atoms with Gasteiger partial charge in [-0.2, -0.15) is 26.3 Å². The Labute approximate surface area is 131 Å². The molecule has 2 fully saturated rings. The van der Waals surface area contributed by atoms with Gasteiger partial charge in [-0.1, -0.05) is 13.8 Å². The highest BCUT2D eigenvalue weighted by molar-refractivity contribution is 5.04. The number of halogens is 6. The van der Waals surface area contributed by atoms with Gasteiger partial charge in [-0.3, -0.25) is 0 Å². The van der Waals surface area contributed by atoms with E-state index in [-0.39, 0.29) is 17.8 Å². The molecule has 0 radical (unpaired) electrons. The van der Waals surface area contributed by atoms with Gasteiger partial charge in [0.2, 0.25) is 0 Å². The first kappa shape index (κ1) is 18.8. The fourth-order valence-corrected chi connectivity index (χ4v) is 4.47. The minimum absolute atomic E-state index is 0.106. The van der Waals surface area contributed by atoms with Crippen LogP contribution in [0, 0.1) is 29.6 Å². The van der Waals surface area contributed by atoms with Crippen molar-refractivity contribution in [3.63, 3.8) is 0 Å². The van der Waals surface area contributed by atoms with Crippen LogP contribution in [0.1, 0.15) is 33.1 Å². The van der Waals surface area contributed by atoms with Gasteiger partial charge in [0.15, 0.2) is 0 Å². The van der Waals surface area contributed by atoms with Crippen molar-refractivity contribution in [2.24, 2.45) is 29.6 Å². The predicted octanol–water partition coefficient (Wildman–Crippen LogP) is 4.79. The summed E-state index contributed by atoms with van der Waals surface area (Å²) in [4.78, 5) is 0. The third kappa shape index (κ3) is 3.08. The number of ether oxygens (including phenoxy) is 2. The lowest BCUT2D eigenvalue weighted by Crippen LogP contribution is -2.60. The van der Waals surface area contributed by atoms with E-state index in [4.69, 9.17) is 0 Å². The molecule has 5 atom stereocenters. The highest BCUT2D eigenvalue weighted by Gasteiger charge is 2.73. The fourth-order valence-electron chi connectivity index (χ4n) is 4.47. The van der Waals surface area contributed by atoms with E-state index in [1.54, 1.807) is 0 Å². The Morgan fingerprint density at radius 2 is 1.48 bits per heavy atom. The normalized spacial score (nSPS) is 35.1. The third-order valence-electron chi connectivity index (χ3n) is 5.92. The molecule has 2 bridgehead atoms. The molecule has 0 spiro atoms. The molecular formula is C15H22F6O2. The van der Waals surface area contributed by atoms with Crippen LogP contribution in [-0.4, -0.2) is 31.9 Å². The lowest BCUT2D eigenvalue weighted by molar-refractivity contribution is -0.397. The molecule has 0 N–H and O–H groups in total. The van der Waals surface area contributed by atoms with Crippen LogP contribution in [0.2, 0.25) is 0 Å². The summed E-state index contributed by atoms with van der Waals surface area (Å²) in [5, 5.41) is 0. The first-order chi connectivity index (χ1) is 10.4. The van der Waals surface area contributed by atoms with Crippen molar-refractivity contribution >= 4 is 0 Å². The Morgan fingerprint density at radius 1 is 0.913 bits per heavy atom. The third-order valence-corrected chi connectivity index (χ3v) is 5.92. The average molecular weight is 348 g/mol. The summed E-state index contributed by atoms with van der Waals surface area (Å²) >= 11 is 0. The first-order valence-electron chi connectivity index (χ1n) is 7.71. The van der Waals surface area contributed by atoms with Gasteiger partial charge in [-0.25, -0.2) is 0 Å². The average Bonchev–Trinajstić information content (AvgIpc) is 2.92. The highest BCUT2D eigenvalue weighted by atomic mass is 19.4. The number of methoxy groups -OCH3 is 1. The Morgan fingerprint density at radius 3 is 1.87 bits per heavy atom. The van der Waals surface area contributed by atoms with Crippen LogP contribution in [-0.2, 0) is 9.47 Å². The zero-order valence-corrected chi connectivity index (χ0v) is 13.3. The molecule has 2 aliphatic carbocycles. The van der Waals surface area contributed by atoms with Crippen molar-refractivity contribution in [1.82, 2.24) is 0 Å². The molecule has 2 rings (SSSR count). The van der Waals surface area contributed by atoms with Crippen molar-refractivity contribution in [3.05, 3.63) is 0 Å². The zero-order chi connectivity index (χ0) is 17.6. The standard InChI is InChI=1S/C15H22F6O2/c1-8-9(2)12-5-10(8)4-11(12)6-13(14(16,17)18,15(19,20)21)23-7-22-3/h8-12H,4-7H2,1-3H3. The molecule has 136 valence electrons. The van der Waals surface area contributed by atoms with E-state index in [1.165, 1.54) is 0 Å². The molecular weight excluding hydrogens is 326 g/mol. The molecule has 0 saturated heterocycles. The van der Waals surface area contributed by atoms with Crippen molar-refractivity contribution in [2.75, 3.05) is 13.9 Å². The summed E-state index contributed by atoms with van der Waals surface area (Å²) in [7, 11) is 0.999. The summed E-state index contributed by atoms with van der Waals surface area (Å²) in [6.07, 6.45) is -11.0. The number of fused-ring (bicyclic) bond motifs is 2. The van der Waals surface area contributed by atoms with Gasteiger partial charge in [0.05, 0.1) is 0 Å². The maximum Gasteiger partial charge on any atom is 0.426 e. The topological polar surface area (TPSA) is 18.5 Å². The van der Waals surface area contributed by atoms with Gasteiger partial charge in [0.25, 0.3) is 5.60 Å². The van der Waals surface area contributed by atoms with E-state index in [0.717, 1.165) is 7.11 Å². The molecule has 23 heavy (non-hydrogen) atoms. The van der Waals surface area contributed by atoms with Crippen LogP contribution in [0.25, 0.3) is 0 Å². The van der Waals surface area contributed by atoms with E-state index >= 15 is 0 Å². The van der Waals surface area contributed by atoms with Gasteiger partial charge < -0.3 is 9.47 Å². The van der Waals surface area contributed by atoms with E-state index < -0.39 is 37.1 Å². The SMILES string of the molecule is COCOC(CC1CC2CC1C(C)C2C)(C(F)(F)F)C(F)(F)F. The lowest BCUT2D eigenvalue weighted by Gasteiger charge is -2.41. The summed E-state index contributed by atoms with van der Waals surface area (Å²) < 4.78 is 88.8. The molecule has 0 aromatic carbocycles. The predicted molar refractivity (Wildman–Crippen MR) is 70.5 cm³/mol. The Hall–Kier alpha value is -0.500. The molecule has 0 aromatic heterocycles. The maximum atomic E-state index is 13.4. The second-order valence-corrected chi connectivity index (χ2v) is 6.95. The number of hydrogen-bond donors (Lipinski definition) is 0. The van der Waals surface area contributed by atoms with E-state index in [2.05, 4.69) is 9.47 Å². The van der Waals surface area contributed by atoms with Crippen LogP contribution in [0.5, 0.6) is 0 Å². The van der Waals surface area contributed by atoms with Crippen molar-refractivity contribution in [1.29, 1.82) is 0 Å². The molecule has 2 aliphatic rings. The second kappa shape index (κ2) is 6.10. The largest absolute Gasteiger partial charge is 0.426 e. The molecule has 2 saturated carbocycles. The maximum absolute atomic E-state index is 13.4. The summed E-state index contributed by atoms with van der Waals surface area (Å²) in [6, 6.07) is 0.